The monoisotopic (exact) mass is 473 g/mol. The van der Waals surface area contributed by atoms with Crippen LogP contribution in [-0.2, 0) is 21.3 Å². The molecule has 2 aromatic carbocycles. The third kappa shape index (κ3) is 3.71. The summed E-state index contributed by atoms with van der Waals surface area (Å²) in [6.07, 6.45) is -4.05. The molecule has 180 valence electrons. The van der Waals surface area contributed by atoms with Gasteiger partial charge in [-0.3, -0.25) is 4.79 Å². The Kier molecular flexibility index (Phi) is 5.67. The minimum atomic E-state index is -4.51. The van der Waals surface area contributed by atoms with Gasteiger partial charge in [-0.1, -0.05) is 6.92 Å². The molecule has 10 heteroatoms. The highest BCUT2D eigenvalue weighted by molar-refractivity contribution is 6.09. The van der Waals surface area contributed by atoms with E-state index in [0.29, 0.717) is 40.2 Å². The molecule has 4 rings (SSSR count). The van der Waals surface area contributed by atoms with Crippen LogP contribution in [0.3, 0.4) is 0 Å². The fourth-order valence-corrected chi connectivity index (χ4v) is 4.55. The summed E-state index contributed by atoms with van der Waals surface area (Å²) in [4.78, 5) is 23.6. The Labute approximate surface area is 195 Å². The Bertz CT molecular complexity index is 1290. The van der Waals surface area contributed by atoms with Gasteiger partial charge in [-0.05, 0) is 56.2 Å². The lowest BCUT2D eigenvalue weighted by Crippen LogP contribution is -2.39. The van der Waals surface area contributed by atoms with E-state index in [1.807, 2.05) is 19.1 Å². The molecule has 0 saturated heterocycles. The molecular weight excluding hydrogens is 447 g/mol. The van der Waals surface area contributed by atoms with Crippen LogP contribution >= 0.6 is 0 Å². The molecule has 0 aliphatic carbocycles. The van der Waals surface area contributed by atoms with Crippen LogP contribution in [0.4, 0.5) is 30.4 Å². The van der Waals surface area contributed by atoms with E-state index < -0.39 is 23.4 Å². The molecule has 0 fully saturated rings. The Hall–Kier alpha value is -3.40. The molecule has 7 nitrogen and oxygen atoms in total. The summed E-state index contributed by atoms with van der Waals surface area (Å²) >= 11 is 0. The number of hydrogen-bond donors (Lipinski definition) is 2. The van der Waals surface area contributed by atoms with E-state index in [2.05, 4.69) is 15.3 Å². The number of rotatable bonds is 5. The largest absolute Gasteiger partial charge is 0.416 e. The van der Waals surface area contributed by atoms with E-state index in [4.69, 9.17) is 10.5 Å². The van der Waals surface area contributed by atoms with Crippen molar-refractivity contribution in [3.63, 3.8) is 0 Å². The number of amides is 1. The average molecular weight is 473 g/mol. The molecule has 0 saturated carbocycles. The van der Waals surface area contributed by atoms with Gasteiger partial charge in [0.1, 0.15) is 11.6 Å². The summed E-state index contributed by atoms with van der Waals surface area (Å²) < 4.78 is 45.5. The van der Waals surface area contributed by atoms with Crippen LogP contribution in [0.1, 0.15) is 48.8 Å². The first-order valence-corrected chi connectivity index (χ1v) is 10.8. The van der Waals surface area contributed by atoms with Crippen LogP contribution in [0, 0.1) is 6.92 Å². The van der Waals surface area contributed by atoms with Crippen molar-refractivity contribution in [2.75, 3.05) is 30.1 Å². The standard InChI is InChI=1S/C24H26F3N5O2/c1-6-23(34-5)18-11-19-17(10-20(18)32(4)22(23)33)21(31-13(3)30-19)29-12(2)14-7-15(24(25,26)27)9-16(28)8-14/h7-12H,6,28H2,1-5H3,(H,29,30,31)/t12-,23?/m1/s1. The molecule has 3 aromatic rings. The number of nitrogens with two attached hydrogens (primary N) is 1. The molecule has 1 unspecified atom stereocenters. The molecule has 1 aromatic heterocycles. The number of nitrogens with zero attached hydrogens (tertiary/aromatic N) is 3. The number of nitrogen functional groups attached to an aromatic ring is 1. The lowest BCUT2D eigenvalue weighted by molar-refractivity contribution is -0.140. The van der Waals surface area contributed by atoms with Crippen molar-refractivity contribution in [3.05, 3.63) is 52.8 Å². The van der Waals surface area contributed by atoms with Crippen LogP contribution in [0.5, 0.6) is 0 Å². The van der Waals surface area contributed by atoms with Crippen molar-refractivity contribution in [1.29, 1.82) is 0 Å². The van der Waals surface area contributed by atoms with E-state index in [9.17, 15) is 18.0 Å². The van der Waals surface area contributed by atoms with Crippen molar-refractivity contribution < 1.29 is 22.7 Å². The SMILES string of the molecule is CCC1(OC)C(=O)N(C)c2cc3c(N[C@H](C)c4cc(N)cc(C(F)(F)F)c4)nc(C)nc3cc21. The maximum absolute atomic E-state index is 13.3. The molecule has 1 amide bonds. The summed E-state index contributed by atoms with van der Waals surface area (Å²) in [6.45, 7) is 5.34. The molecule has 34 heavy (non-hydrogen) atoms. The quantitative estimate of drug-likeness (QED) is 0.510. The molecular formula is C24H26F3N5O2. The highest BCUT2D eigenvalue weighted by Crippen LogP contribution is 2.46. The van der Waals surface area contributed by atoms with Crippen molar-refractivity contribution in [2.24, 2.45) is 0 Å². The summed E-state index contributed by atoms with van der Waals surface area (Å²) in [5.41, 5.74) is 6.23. The van der Waals surface area contributed by atoms with Gasteiger partial charge in [0, 0.05) is 30.8 Å². The molecule has 2 heterocycles. The van der Waals surface area contributed by atoms with Gasteiger partial charge in [0.05, 0.1) is 22.8 Å². The topological polar surface area (TPSA) is 93.4 Å². The number of nitrogens with one attached hydrogen (secondary N) is 1. The second-order valence-corrected chi connectivity index (χ2v) is 8.51. The summed E-state index contributed by atoms with van der Waals surface area (Å²) in [5.74, 6) is 0.749. The number of hydrogen-bond acceptors (Lipinski definition) is 6. The van der Waals surface area contributed by atoms with Gasteiger partial charge in [-0.25, -0.2) is 9.97 Å². The Morgan fingerprint density at radius 3 is 2.53 bits per heavy atom. The first-order chi connectivity index (χ1) is 15.9. The van der Waals surface area contributed by atoms with Gasteiger partial charge in [0.15, 0.2) is 5.60 Å². The summed E-state index contributed by atoms with van der Waals surface area (Å²) in [6, 6.07) is 6.58. The van der Waals surface area contributed by atoms with Gasteiger partial charge in [-0.15, -0.1) is 0 Å². The van der Waals surface area contributed by atoms with Crippen LogP contribution < -0.4 is 16.0 Å². The molecule has 0 radical (unpaired) electrons. The van der Waals surface area contributed by atoms with E-state index in [1.54, 1.807) is 25.8 Å². The smallest absolute Gasteiger partial charge is 0.399 e. The minimum Gasteiger partial charge on any atom is -0.399 e. The van der Waals surface area contributed by atoms with Crippen molar-refractivity contribution >= 4 is 34.0 Å². The Morgan fingerprint density at radius 1 is 1.21 bits per heavy atom. The van der Waals surface area contributed by atoms with E-state index >= 15 is 0 Å². The predicted molar refractivity (Wildman–Crippen MR) is 125 cm³/mol. The maximum atomic E-state index is 13.3. The van der Waals surface area contributed by atoms with E-state index in [1.165, 1.54) is 13.2 Å². The average Bonchev–Trinajstić information content (AvgIpc) is 2.97. The van der Waals surface area contributed by atoms with Crippen molar-refractivity contribution in [3.8, 4) is 0 Å². The lowest BCUT2D eigenvalue weighted by Gasteiger charge is -2.25. The Balaban J connectivity index is 1.81. The van der Waals surface area contributed by atoms with Gasteiger partial charge < -0.3 is 20.7 Å². The highest BCUT2D eigenvalue weighted by Gasteiger charge is 2.49. The number of carbonyl (C=O) groups excluding carboxylic acids is 1. The zero-order chi connectivity index (χ0) is 25.0. The summed E-state index contributed by atoms with van der Waals surface area (Å²) in [7, 11) is 3.19. The second-order valence-electron chi connectivity index (χ2n) is 8.51. The zero-order valence-electron chi connectivity index (χ0n) is 19.5. The van der Waals surface area contributed by atoms with Crippen LogP contribution in [0.25, 0.3) is 10.9 Å². The first-order valence-electron chi connectivity index (χ1n) is 10.8. The number of halogens is 3. The lowest BCUT2D eigenvalue weighted by atomic mass is 9.91. The summed E-state index contributed by atoms with van der Waals surface area (Å²) in [5, 5.41) is 3.84. The van der Waals surface area contributed by atoms with Crippen LogP contribution in [0.15, 0.2) is 30.3 Å². The molecule has 0 spiro atoms. The van der Waals surface area contributed by atoms with Gasteiger partial charge in [0.25, 0.3) is 5.91 Å². The molecule has 3 N–H and O–H groups in total. The number of ether oxygens (including phenoxy) is 1. The van der Waals surface area contributed by atoms with E-state index in [0.717, 1.165) is 17.7 Å². The fraction of sp³-hybridized carbons (Fsp3) is 0.375. The number of alkyl halides is 3. The Morgan fingerprint density at radius 2 is 1.91 bits per heavy atom. The minimum absolute atomic E-state index is 0.0237. The second kappa shape index (κ2) is 8.12. The van der Waals surface area contributed by atoms with Gasteiger partial charge in [0.2, 0.25) is 0 Å². The fourth-order valence-electron chi connectivity index (χ4n) is 4.55. The number of aryl methyl sites for hydroxylation is 1. The number of carbonyl (C=O) groups is 1. The maximum Gasteiger partial charge on any atom is 0.416 e. The highest BCUT2D eigenvalue weighted by atomic mass is 19.4. The number of aromatic nitrogens is 2. The van der Waals surface area contributed by atoms with Gasteiger partial charge >= 0.3 is 6.18 Å². The third-order valence-electron chi connectivity index (χ3n) is 6.38. The van der Waals surface area contributed by atoms with Crippen molar-refractivity contribution in [1.82, 2.24) is 9.97 Å². The normalized spacial score (nSPS) is 18.9. The van der Waals surface area contributed by atoms with Crippen LogP contribution in [-0.4, -0.2) is 30.0 Å². The number of benzene rings is 2. The third-order valence-corrected chi connectivity index (χ3v) is 6.38. The number of methoxy groups -OCH3 is 1. The van der Waals surface area contributed by atoms with Crippen molar-refractivity contribution in [2.45, 2.75) is 45.0 Å². The van der Waals surface area contributed by atoms with E-state index in [-0.39, 0.29) is 11.6 Å². The molecule has 2 atom stereocenters. The predicted octanol–water partition coefficient (Wildman–Crippen LogP) is 4.94. The number of anilines is 3. The van der Waals surface area contributed by atoms with Gasteiger partial charge in [-0.2, -0.15) is 13.2 Å². The number of fused-ring (bicyclic) bond motifs is 2. The number of likely N-dealkylation sites (N-methyl/N-ethyl adjacent to an activating group) is 1. The molecule has 1 aliphatic rings. The molecule has 0 bridgehead atoms. The van der Waals surface area contributed by atoms with Crippen LogP contribution in [0.2, 0.25) is 0 Å². The zero-order valence-corrected chi connectivity index (χ0v) is 19.5. The first kappa shape index (κ1) is 23.7. The molecule has 1 aliphatic heterocycles.